The number of rotatable bonds is 0. The zero-order valence-corrected chi connectivity index (χ0v) is 17.2. The molecule has 2 aromatic carbocycles. The van der Waals surface area contributed by atoms with Gasteiger partial charge in [0.05, 0.1) is 0 Å². The van der Waals surface area contributed by atoms with Gasteiger partial charge in [0.1, 0.15) is 0 Å². The normalized spacial score (nSPS) is 8.00. The van der Waals surface area contributed by atoms with Crippen LogP contribution in [0, 0.1) is 27.7 Å². The molecule has 0 aliphatic rings. The van der Waals surface area contributed by atoms with Crippen molar-refractivity contribution in [3.05, 3.63) is 58.7 Å². The Morgan fingerprint density at radius 3 is 1.55 bits per heavy atom. The van der Waals surface area contributed by atoms with Crippen LogP contribution in [0.5, 0.6) is 0 Å². The van der Waals surface area contributed by atoms with E-state index in [2.05, 4.69) is 47.6 Å². The Morgan fingerprint density at radius 1 is 1.05 bits per heavy atom. The second kappa shape index (κ2) is 14.0. The molecular formula is C17H24Cl2Zr-2. The third-order valence-corrected chi connectivity index (χ3v) is 2.73. The largest absolute Gasteiger partial charge is 1.00 e. The molecule has 0 aliphatic heterocycles. The minimum absolute atomic E-state index is 0. The summed E-state index contributed by atoms with van der Waals surface area (Å²) < 4.78 is 1.51. The van der Waals surface area contributed by atoms with Crippen molar-refractivity contribution >= 4 is 3.21 Å². The third kappa shape index (κ3) is 11.8. The Balaban J connectivity index is -0.000000228. The average Bonchev–Trinajstić information content (AvgIpc) is 2.89. The average molecular weight is 391 g/mol. The molecule has 3 heteroatoms. The van der Waals surface area contributed by atoms with Gasteiger partial charge in [0.15, 0.2) is 0 Å². The molecule has 112 valence electrons. The molecule has 0 atom stereocenters. The molecule has 0 spiro atoms. The minimum Gasteiger partial charge on any atom is -1.00 e. The fraction of sp³-hybridized carbons (Fsp3) is 0.353. The maximum atomic E-state index is 2.24. The first-order valence-electron chi connectivity index (χ1n) is 6.24. The standard InChI is InChI=1S/C9H13.C5H5.C3H6.2ClH.Zr/c1-6-5-7(2)9(4)8(6)3;1-2-4-5-3-1;1-3-2;;;/h5H,1-4H3;1-5H;1-2H3;2*1H;/q2*-1;;;;+2/p-2. The molecule has 0 aliphatic carbocycles. The number of aryl methyl sites for hydroxylation is 2. The molecule has 0 saturated carbocycles. The van der Waals surface area contributed by atoms with Crippen LogP contribution in [0.1, 0.15) is 36.1 Å². The van der Waals surface area contributed by atoms with Gasteiger partial charge in [0, 0.05) is 0 Å². The van der Waals surface area contributed by atoms with Crippen LogP contribution in [-0.2, 0) is 24.2 Å². The van der Waals surface area contributed by atoms with Crippen LogP contribution in [0.25, 0.3) is 0 Å². The molecule has 0 N–H and O–H groups in total. The second-order valence-corrected chi connectivity index (χ2v) is 7.18. The summed E-state index contributed by atoms with van der Waals surface area (Å²) in [6.07, 6.45) is 0. The zero-order chi connectivity index (χ0) is 14.1. The fourth-order valence-corrected chi connectivity index (χ4v) is 1.45. The monoisotopic (exact) mass is 388 g/mol. The molecule has 20 heavy (non-hydrogen) atoms. The maximum absolute atomic E-state index is 2.24. The van der Waals surface area contributed by atoms with Crippen LogP contribution >= 0.6 is 0 Å². The van der Waals surface area contributed by atoms with Gasteiger partial charge in [-0.1, -0.05) is 27.7 Å². The van der Waals surface area contributed by atoms with Gasteiger partial charge in [-0.25, -0.2) is 12.1 Å². The van der Waals surface area contributed by atoms with Crippen molar-refractivity contribution in [2.45, 2.75) is 41.5 Å². The van der Waals surface area contributed by atoms with E-state index in [0.717, 1.165) is 0 Å². The van der Waals surface area contributed by atoms with Crippen molar-refractivity contribution in [1.82, 2.24) is 0 Å². The minimum atomic E-state index is 0. The van der Waals surface area contributed by atoms with Crippen LogP contribution in [0.3, 0.4) is 0 Å². The van der Waals surface area contributed by atoms with Crippen molar-refractivity contribution in [2.75, 3.05) is 0 Å². The number of halogens is 2. The Bertz CT molecular complexity index is 410. The first-order valence-corrected chi connectivity index (χ1v) is 7.47. The summed E-state index contributed by atoms with van der Waals surface area (Å²) in [5.74, 6) is 0. The summed E-state index contributed by atoms with van der Waals surface area (Å²) in [6.45, 7) is 12.9. The van der Waals surface area contributed by atoms with Crippen LogP contribution in [0.2, 0.25) is 0 Å². The van der Waals surface area contributed by atoms with Crippen molar-refractivity contribution in [3.63, 3.8) is 0 Å². The molecule has 0 amide bonds. The van der Waals surface area contributed by atoms with E-state index in [-0.39, 0.29) is 24.8 Å². The van der Waals surface area contributed by atoms with Crippen LogP contribution < -0.4 is 24.8 Å². The Hall–Kier alpha value is 0.0331. The van der Waals surface area contributed by atoms with Crippen LogP contribution in [0.15, 0.2) is 36.4 Å². The summed E-state index contributed by atoms with van der Waals surface area (Å²) >= 11 is 1.55. The van der Waals surface area contributed by atoms with Crippen molar-refractivity contribution in [3.8, 4) is 0 Å². The topological polar surface area (TPSA) is 0 Å². The molecule has 0 radical (unpaired) electrons. The predicted octanol–water partition coefficient (Wildman–Crippen LogP) is -1.20. The fourth-order valence-electron chi connectivity index (χ4n) is 1.45. The molecule has 2 rings (SSSR count). The SMILES string of the molecule is C[C](C)=[Zr+2].Cc1c[c-](C)c(C)c1C.[Cl-].[Cl-].c1cc[cH-]c1. The van der Waals surface area contributed by atoms with Gasteiger partial charge in [-0.3, -0.25) is 0 Å². The predicted molar refractivity (Wildman–Crippen MR) is 79.4 cm³/mol. The van der Waals surface area contributed by atoms with Crippen molar-refractivity contribution in [2.24, 2.45) is 0 Å². The molecule has 0 bridgehead atoms. The Morgan fingerprint density at radius 2 is 1.45 bits per heavy atom. The molecular weight excluding hydrogens is 366 g/mol. The van der Waals surface area contributed by atoms with E-state index >= 15 is 0 Å². The van der Waals surface area contributed by atoms with Gasteiger partial charge < -0.3 is 24.8 Å². The van der Waals surface area contributed by atoms with E-state index < -0.39 is 0 Å². The van der Waals surface area contributed by atoms with Crippen LogP contribution in [-0.4, -0.2) is 3.21 Å². The van der Waals surface area contributed by atoms with E-state index in [9.17, 15) is 0 Å². The number of hydrogen-bond donors (Lipinski definition) is 0. The van der Waals surface area contributed by atoms with E-state index in [0.29, 0.717) is 0 Å². The third-order valence-electron chi connectivity index (χ3n) is 2.73. The van der Waals surface area contributed by atoms with E-state index in [1.165, 1.54) is 25.5 Å². The van der Waals surface area contributed by atoms with Crippen molar-refractivity contribution in [1.29, 1.82) is 0 Å². The van der Waals surface area contributed by atoms with Gasteiger partial charge in [0.25, 0.3) is 0 Å². The maximum Gasteiger partial charge on any atom is -0.0630 e. The quantitative estimate of drug-likeness (QED) is 0.496. The summed E-state index contributed by atoms with van der Waals surface area (Å²) in [5.41, 5.74) is 5.75. The van der Waals surface area contributed by atoms with E-state index in [4.69, 9.17) is 0 Å². The van der Waals surface area contributed by atoms with E-state index in [1.54, 1.807) is 24.2 Å². The summed E-state index contributed by atoms with van der Waals surface area (Å²) in [6, 6.07) is 12.2. The van der Waals surface area contributed by atoms with Crippen molar-refractivity contribution < 1.29 is 49.0 Å². The Labute approximate surface area is 151 Å². The molecule has 0 fully saturated rings. The van der Waals surface area contributed by atoms with Crippen LogP contribution in [0.4, 0.5) is 0 Å². The molecule has 0 nitrogen and oxygen atoms in total. The Kier molecular flexibility index (Phi) is 17.5. The zero-order valence-electron chi connectivity index (χ0n) is 13.2. The molecule has 0 aromatic heterocycles. The smallest absolute Gasteiger partial charge is 0.0630 e. The van der Waals surface area contributed by atoms with Gasteiger partial charge in [-0.2, -0.15) is 46.5 Å². The van der Waals surface area contributed by atoms with Gasteiger partial charge in [-0.05, 0) is 0 Å². The summed E-state index contributed by atoms with van der Waals surface area (Å²) in [4.78, 5) is 0. The first kappa shape index (κ1) is 25.0. The van der Waals surface area contributed by atoms with E-state index in [1.807, 2.05) is 30.3 Å². The second-order valence-electron chi connectivity index (χ2n) is 4.72. The molecule has 0 saturated heterocycles. The van der Waals surface area contributed by atoms with Gasteiger partial charge in [-0.15, -0.1) is 0 Å². The first-order chi connectivity index (χ1) is 8.36. The summed E-state index contributed by atoms with van der Waals surface area (Å²) in [7, 11) is 0. The molecule has 0 unspecified atom stereocenters. The molecule has 0 heterocycles. The molecule has 2 aromatic rings. The van der Waals surface area contributed by atoms with Gasteiger partial charge in [0.2, 0.25) is 0 Å². The summed E-state index contributed by atoms with van der Waals surface area (Å²) in [5, 5.41) is 0. The number of hydrogen-bond acceptors (Lipinski definition) is 0. The van der Waals surface area contributed by atoms with Gasteiger partial charge >= 0.3 is 41.3 Å².